The normalized spacial score (nSPS) is 13.8. The maximum Gasteiger partial charge on any atom is 0.418 e. The number of carbonyl (C=O) groups excluding carboxylic acids is 1. The zero-order chi connectivity index (χ0) is 18.8. The molecule has 0 aliphatic carbocycles. The molecule has 132 valence electrons. The molecule has 0 radical (unpaired) electrons. The van der Waals surface area contributed by atoms with Gasteiger partial charge in [-0.1, -0.05) is 0 Å². The smallest absolute Gasteiger partial charge is 0.398 e. The van der Waals surface area contributed by atoms with Gasteiger partial charge < -0.3 is 16.2 Å². The fourth-order valence-electron chi connectivity index (χ4n) is 2.04. The van der Waals surface area contributed by atoms with E-state index in [9.17, 15) is 23.1 Å². The number of carbonyl (C=O) groups is 1. The van der Waals surface area contributed by atoms with Crippen molar-refractivity contribution < 1.29 is 23.1 Å². The summed E-state index contributed by atoms with van der Waals surface area (Å²) < 4.78 is 39.7. The molecule has 4 N–H and O–H groups in total. The van der Waals surface area contributed by atoms with Gasteiger partial charge in [-0.25, -0.2) is 0 Å². The van der Waals surface area contributed by atoms with E-state index in [2.05, 4.69) is 10.4 Å². The highest BCUT2D eigenvalue weighted by molar-refractivity contribution is 5.97. The average molecular weight is 353 g/mol. The van der Waals surface area contributed by atoms with E-state index in [1.54, 1.807) is 0 Å². The summed E-state index contributed by atoms with van der Waals surface area (Å²) in [7, 11) is 0. The van der Waals surface area contributed by atoms with Crippen LogP contribution in [0.25, 0.3) is 0 Å². The number of benzene rings is 1. The number of halogens is 3. The lowest BCUT2D eigenvalue weighted by molar-refractivity contribution is -0.137. The first-order valence-corrected chi connectivity index (χ1v) is 6.96. The first-order chi connectivity index (χ1) is 11.5. The molecule has 0 saturated heterocycles. The van der Waals surface area contributed by atoms with E-state index in [1.807, 2.05) is 6.07 Å². The lowest BCUT2D eigenvalue weighted by atomic mass is 10.1. The maximum atomic E-state index is 12.8. The van der Waals surface area contributed by atoms with Crippen molar-refractivity contribution in [1.29, 1.82) is 5.26 Å². The first-order valence-electron chi connectivity index (χ1n) is 6.96. The van der Waals surface area contributed by atoms with Crippen molar-refractivity contribution in [2.45, 2.75) is 25.2 Å². The Morgan fingerprint density at radius 2 is 2.16 bits per heavy atom. The van der Waals surface area contributed by atoms with Crippen LogP contribution in [-0.2, 0) is 17.5 Å². The molecule has 2 aromatic rings. The number of rotatable bonds is 4. The molecule has 0 fully saturated rings. The molecule has 1 heterocycles. The van der Waals surface area contributed by atoms with E-state index in [4.69, 9.17) is 11.0 Å². The molecule has 10 heteroatoms. The Balaban J connectivity index is 2.16. The van der Waals surface area contributed by atoms with Gasteiger partial charge in [-0.3, -0.25) is 9.48 Å². The highest BCUT2D eigenvalue weighted by Crippen LogP contribution is 2.35. The monoisotopic (exact) mass is 353 g/mol. The highest BCUT2D eigenvalue weighted by Gasteiger charge is 2.35. The second-order valence-electron chi connectivity index (χ2n) is 5.57. The van der Waals surface area contributed by atoms with Crippen LogP contribution in [0, 0.1) is 11.3 Å². The summed E-state index contributed by atoms with van der Waals surface area (Å²) in [5.74, 6) is -0.931. The van der Waals surface area contributed by atoms with Crippen LogP contribution in [0.3, 0.4) is 0 Å². The number of nitrogens with two attached hydrogens (primary N) is 1. The van der Waals surface area contributed by atoms with Crippen molar-refractivity contribution in [1.82, 2.24) is 9.78 Å². The average Bonchev–Trinajstić information content (AvgIpc) is 2.94. The third kappa shape index (κ3) is 4.27. The molecule has 1 aromatic carbocycles. The number of hydrogen-bond donors (Lipinski definition) is 3. The molecular weight excluding hydrogens is 339 g/mol. The lowest BCUT2D eigenvalue weighted by Gasteiger charge is -2.22. The number of aromatic nitrogens is 2. The zero-order valence-corrected chi connectivity index (χ0v) is 13.0. The fraction of sp³-hybridized carbons (Fsp3) is 0.267. The van der Waals surface area contributed by atoms with E-state index in [0.29, 0.717) is 6.07 Å². The van der Waals surface area contributed by atoms with Gasteiger partial charge in [0.2, 0.25) is 0 Å². The molecule has 0 aliphatic rings. The Bertz CT molecular complexity index is 836. The first kappa shape index (κ1) is 18.3. The van der Waals surface area contributed by atoms with Crippen molar-refractivity contribution in [2.75, 3.05) is 11.1 Å². The Morgan fingerprint density at radius 1 is 1.48 bits per heavy atom. The van der Waals surface area contributed by atoms with Crippen LogP contribution in [0.1, 0.15) is 18.1 Å². The van der Waals surface area contributed by atoms with Gasteiger partial charge in [0.1, 0.15) is 6.07 Å². The fourth-order valence-corrected chi connectivity index (χ4v) is 2.04. The molecule has 1 atom stereocenters. The topological polar surface area (TPSA) is 117 Å². The van der Waals surface area contributed by atoms with Gasteiger partial charge in [0.25, 0.3) is 5.91 Å². The van der Waals surface area contributed by atoms with Gasteiger partial charge in [0.05, 0.1) is 23.9 Å². The van der Waals surface area contributed by atoms with Crippen LogP contribution in [0.2, 0.25) is 0 Å². The SMILES string of the molecule is CC(O)(Cn1cc(C#N)cn1)C(=O)Nc1ccc(N)c(C(F)(F)F)c1. The van der Waals surface area contributed by atoms with E-state index >= 15 is 0 Å². The maximum absolute atomic E-state index is 12.8. The molecule has 0 saturated carbocycles. The number of amides is 1. The number of anilines is 2. The van der Waals surface area contributed by atoms with Crippen molar-refractivity contribution in [2.24, 2.45) is 0 Å². The molecule has 1 aromatic heterocycles. The molecule has 1 amide bonds. The standard InChI is InChI=1S/C15H14F3N5O2/c1-14(25,8-23-7-9(5-19)6-21-23)13(24)22-10-2-3-12(20)11(4-10)15(16,17)18/h2-4,6-7,25H,8,20H2,1H3,(H,22,24). The molecule has 25 heavy (non-hydrogen) atoms. The molecule has 0 spiro atoms. The Morgan fingerprint density at radius 3 is 2.72 bits per heavy atom. The minimum atomic E-state index is -4.67. The lowest BCUT2D eigenvalue weighted by Crippen LogP contribution is -2.43. The number of aliphatic hydroxyl groups is 1. The zero-order valence-electron chi connectivity index (χ0n) is 13.0. The van der Waals surface area contributed by atoms with Crippen LogP contribution in [-0.4, -0.2) is 26.4 Å². The second kappa shape index (κ2) is 6.45. The number of nitriles is 1. The number of nitrogen functional groups attached to an aromatic ring is 1. The van der Waals surface area contributed by atoms with Crippen LogP contribution in [0.15, 0.2) is 30.6 Å². The molecule has 7 nitrogen and oxygen atoms in total. The van der Waals surface area contributed by atoms with Crippen LogP contribution in [0.5, 0.6) is 0 Å². The van der Waals surface area contributed by atoms with Gasteiger partial charge >= 0.3 is 6.18 Å². The highest BCUT2D eigenvalue weighted by atomic mass is 19.4. The third-order valence-corrected chi connectivity index (χ3v) is 3.34. The summed E-state index contributed by atoms with van der Waals surface area (Å²) in [5, 5.41) is 25.0. The minimum absolute atomic E-state index is 0.162. The number of alkyl halides is 3. The number of nitrogens with zero attached hydrogens (tertiary/aromatic N) is 3. The molecule has 1 unspecified atom stereocenters. The summed E-state index contributed by atoms with van der Waals surface area (Å²) in [6.07, 6.45) is -2.09. The minimum Gasteiger partial charge on any atom is -0.398 e. The third-order valence-electron chi connectivity index (χ3n) is 3.34. The summed E-state index contributed by atoms with van der Waals surface area (Å²) in [6, 6.07) is 4.74. The van der Waals surface area contributed by atoms with Gasteiger partial charge in [-0.2, -0.15) is 23.5 Å². The molecular formula is C15H14F3N5O2. The van der Waals surface area contributed by atoms with Crippen molar-refractivity contribution in [3.8, 4) is 6.07 Å². The summed E-state index contributed by atoms with van der Waals surface area (Å²) in [5.41, 5.74) is 1.83. The Labute approximate surface area is 140 Å². The van der Waals surface area contributed by atoms with Crippen molar-refractivity contribution >= 4 is 17.3 Å². The van der Waals surface area contributed by atoms with Gasteiger partial charge in [0, 0.05) is 17.6 Å². The Kier molecular flexibility index (Phi) is 4.71. The van der Waals surface area contributed by atoms with Crippen LogP contribution < -0.4 is 11.1 Å². The Hall–Kier alpha value is -3.06. The van der Waals surface area contributed by atoms with E-state index in [1.165, 1.54) is 30.1 Å². The predicted octanol–water partition coefficient (Wildman–Crippen LogP) is 1.75. The molecule has 0 bridgehead atoms. The van der Waals surface area contributed by atoms with Gasteiger partial charge in [-0.15, -0.1) is 0 Å². The second-order valence-corrected chi connectivity index (χ2v) is 5.57. The summed E-state index contributed by atoms with van der Waals surface area (Å²) >= 11 is 0. The summed E-state index contributed by atoms with van der Waals surface area (Å²) in [6.45, 7) is 0.889. The van der Waals surface area contributed by atoms with Crippen LogP contribution in [0.4, 0.5) is 24.5 Å². The van der Waals surface area contributed by atoms with Crippen molar-refractivity contribution in [3.63, 3.8) is 0 Å². The van der Waals surface area contributed by atoms with E-state index in [-0.39, 0.29) is 17.8 Å². The predicted molar refractivity (Wildman–Crippen MR) is 82.1 cm³/mol. The van der Waals surface area contributed by atoms with Gasteiger partial charge in [0.15, 0.2) is 5.60 Å². The van der Waals surface area contributed by atoms with Crippen LogP contribution >= 0.6 is 0 Å². The van der Waals surface area contributed by atoms with Gasteiger partial charge in [-0.05, 0) is 25.1 Å². The molecule has 0 aliphatic heterocycles. The van der Waals surface area contributed by atoms with Crippen molar-refractivity contribution in [3.05, 3.63) is 41.7 Å². The number of hydrogen-bond acceptors (Lipinski definition) is 5. The van der Waals surface area contributed by atoms with E-state index in [0.717, 1.165) is 6.07 Å². The quantitative estimate of drug-likeness (QED) is 0.724. The largest absolute Gasteiger partial charge is 0.418 e. The number of nitrogens with one attached hydrogen (secondary N) is 1. The summed E-state index contributed by atoms with van der Waals surface area (Å²) in [4.78, 5) is 12.2. The molecule has 2 rings (SSSR count). The van der Waals surface area contributed by atoms with E-state index < -0.39 is 28.9 Å².